The molecule has 5 rings (SSSR count). The fourth-order valence-electron chi connectivity index (χ4n) is 4.74. The molecule has 4 aromatic rings. The van der Waals surface area contributed by atoms with E-state index in [0.29, 0.717) is 47.1 Å². The molecule has 1 amide bonds. The number of amides is 1. The van der Waals surface area contributed by atoms with E-state index in [1.807, 2.05) is 6.92 Å². The van der Waals surface area contributed by atoms with Crippen LogP contribution in [-0.2, 0) is 13.5 Å². The summed E-state index contributed by atoms with van der Waals surface area (Å²) >= 11 is 0. The second-order valence-corrected chi connectivity index (χ2v) is 8.35. The van der Waals surface area contributed by atoms with Crippen LogP contribution in [0.2, 0.25) is 0 Å². The number of carbonyl (C=O) groups is 1. The molecule has 0 N–H and O–H groups in total. The number of fused-ring (bicyclic) bond motifs is 2. The van der Waals surface area contributed by atoms with Crippen molar-refractivity contribution in [3.05, 3.63) is 70.6 Å². The van der Waals surface area contributed by atoms with Crippen molar-refractivity contribution in [2.45, 2.75) is 26.3 Å². The number of benzene rings is 1. The van der Waals surface area contributed by atoms with Gasteiger partial charge in [0.25, 0.3) is 5.91 Å². The van der Waals surface area contributed by atoms with Gasteiger partial charge in [-0.3, -0.25) is 13.9 Å². The first-order valence-electron chi connectivity index (χ1n) is 10.8. The summed E-state index contributed by atoms with van der Waals surface area (Å²) in [6.07, 6.45) is 2.18. The third kappa shape index (κ3) is 3.24. The largest absolute Gasteiger partial charge is 0.497 e. The molecule has 0 fully saturated rings. The number of rotatable bonds is 3. The number of ether oxygens (including phenoxy) is 1. The summed E-state index contributed by atoms with van der Waals surface area (Å²) in [6.45, 7) is 4.02. The first-order chi connectivity index (χ1) is 16.2. The van der Waals surface area contributed by atoms with Crippen LogP contribution in [0.3, 0.4) is 0 Å². The van der Waals surface area contributed by atoms with Gasteiger partial charge in [-0.25, -0.2) is 18.2 Å². The second-order valence-electron chi connectivity index (χ2n) is 8.35. The highest BCUT2D eigenvalue weighted by molar-refractivity contribution is 5.95. The summed E-state index contributed by atoms with van der Waals surface area (Å²) in [6, 6.07) is 5.05. The maximum absolute atomic E-state index is 13.9. The van der Waals surface area contributed by atoms with Gasteiger partial charge in [0, 0.05) is 37.0 Å². The normalized spacial score (nSPS) is 15.6. The molecule has 4 heterocycles. The lowest BCUT2D eigenvalue weighted by Gasteiger charge is -2.33. The summed E-state index contributed by atoms with van der Waals surface area (Å²) < 4.78 is 49.8. The molecule has 7 nitrogen and oxygen atoms in total. The number of aromatic nitrogens is 4. The molecule has 0 spiro atoms. The van der Waals surface area contributed by atoms with Crippen LogP contribution < -0.4 is 4.74 Å². The SMILES string of the molecule is COc1ccn2c(C(=O)N3CCc4c(nn(C)c4-c4cc(F)c(F)c(F)c4)[C@@H]3C)c(C)nc2c1. The van der Waals surface area contributed by atoms with Crippen molar-refractivity contribution < 1.29 is 22.7 Å². The van der Waals surface area contributed by atoms with Gasteiger partial charge in [0.2, 0.25) is 0 Å². The standard InChI is InChI=1S/C24H22F3N5O2/c1-12-22(32-7-5-15(34-4)11-19(32)28-12)24(33)31-8-6-16-21(13(31)2)29-30(3)23(16)14-9-17(25)20(27)18(26)10-14/h5,7,9-11,13H,6,8H2,1-4H3/t13-/m0/s1. The molecule has 0 bridgehead atoms. The topological polar surface area (TPSA) is 64.7 Å². The molecule has 0 aliphatic carbocycles. The Morgan fingerprint density at radius 2 is 1.88 bits per heavy atom. The van der Waals surface area contributed by atoms with Crippen molar-refractivity contribution in [3.8, 4) is 17.0 Å². The number of hydrogen-bond donors (Lipinski definition) is 0. The number of imidazole rings is 1. The van der Waals surface area contributed by atoms with Crippen molar-refractivity contribution in [1.29, 1.82) is 0 Å². The first-order valence-corrected chi connectivity index (χ1v) is 10.8. The zero-order chi connectivity index (χ0) is 24.3. The maximum Gasteiger partial charge on any atom is 0.273 e. The van der Waals surface area contributed by atoms with Crippen LogP contribution >= 0.6 is 0 Å². The van der Waals surface area contributed by atoms with Crippen LogP contribution in [-0.4, -0.2) is 43.6 Å². The van der Waals surface area contributed by atoms with E-state index < -0.39 is 23.5 Å². The van der Waals surface area contributed by atoms with Gasteiger partial charge < -0.3 is 9.64 Å². The van der Waals surface area contributed by atoms with Gasteiger partial charge in [0.05, 0.1) is 30.2 Å². The van der Waals surface area contributed by atoms with Gasteiger partial charge in [0.15, 0.2) is 17.5 Å². The molecule has 34 heavy (non-hydrogen) atoms. The van der Waals surface area contributed by atoms with Crippen LogP contribution in [0.1, 0.15) is 40.4 Å². The van der Waals surface area contributed by atoms with Gasteiger partial charge >= 0.3 is 0 Å². The van der Waals surface area contributed by atoms with Gasteiger partial charge in [0.1, 0.15) is 17.1 Å². The number of pyridine rings is 1. The molecule has 0 radical (unpaired) electrons. The van der Waals surface area contributed by atoms with Crippen molar-refractivity contribution in [3.63, 3.8) is 0 Å². The monoisotopic (exact) mass is 469 g/mol. The van der Waals surface area contributed by atoms with Gasteiger partial charge in [-0.15, -0.1) is 0 Å². The summed E-state index contributed by atoms with van der Waals surface area (Å²) in [5.41, 5.74) is 3.77. The Morgan fingerprint density at radius 1 is 1.18 bits per heavy atom. The van der Waals surface area contributed by atoms with Gasteiger partial charge in [-0.1, -0.05) is 0 Å². The maximum atomic E-state index is 13.9. The predicted molar refractivity (Wildman–Crippen MR) is 118 cm³/mol. The zero-order valence-electron chi connectivity index (χ0n) is 19.1. The molecule has 1 aliphatic rings. The Morgan fingerprint density at radius 3 is 2.56 bits per heavy atom. The molecular weight excluding hydrogens is 447 g/mol. The van der Waals surface area contributed by atoms with E-state index in [1.54, 1.807) is 48.7 Å². The number of halogens is 3. The average Bonchev–Trinajstić information content (AvgIpc) is 3.32. The molecule has 0 saturated carbocycles. The number of methoxy groups -OCH3 is 1. The lowest BCUT2D eigenvalue weighted by atomic mass is 9.95. The molecule has 176 valence electrons. The molecular formula is C24H22F3N5O2. The Bertz CT molecular complexity index is 1440. The fourth-order valence-corrected chi connectivity index (χ4v) is 4.74. The Balaban J connectivity index is 1.53. The molecule has 3 aromatic heterocycles. The van der Waals surface area contributed by atoms with Gasteiger partial charge in [-0.05, 0) is 38.5 Å². The quantitative estimate of drug-likeness (QED) is 0.422. The van der Waals surface area contributed by atoms with Crippen molar-refractivity contribution in [2.24, 2.45) is 7.05 Å². The second kappa shape index (κ2) is 7.89. The van der Waals surface area contributed by atoms with Crippen LogP contribution in [0.25, 0.3) is 16.9 Å². The highest BCUT2D eigenvalue weighted by atomic mass is 19.2. The average molecular weight is 469 g/mol. The molecule has 1 aromatic carbocycles. The summed E-state index contributed by atoms with van der Waals surface area (Å²) in [5, 5.41) is 4.56. The van der Waals surface area contributed by atoms with Crippen molar-refractivity contribution >= 4 is 11.6 Å². The number of nitrogens with zero attached hydrogens (tertiary/aromatic N) is 5. The minimum absolute atomic E-state index is 0.195. The van der Waals surface area contributed by atoms with E-state index in [9.17, 15) is 18.0 Å². The highest BCUT2D eigenvalue weighted by Crippen LogP contribution is 2.37. The summed E-state index contributed by atoms with van der Waals surface area (Å²) in [7, 11) is 3.23. The number of hydrogen-bond acceptors (Lipinski definition) is 4. The lowest BCUT2D eigenvalue weighted by Crippen LogP contribution is -2.39. The predicted octanol–water partition coefficient (Wildman–Crippen LogP) is 4.23. The Kier molecular flexibility index (Phi) is 5.11. The smallest absolute Gasteiger partial charge is 0.273 e. The van der Waals surface area contributed by atoms with E-state index in [2.05, 4.69) is 10.1 Å². The fraction of sp³-hybridized carbons (Fsp3) is 0.292. The van der Waals surface area contributed by atoms with E-state index in [-0.39, 0.29) is 11.5 Å². The van der Waals surface area contributed by atoms with Crippen molar-refractivity contribution in [2.75, 3.05) is 13.7 Å². The zero-order valence-corrected chi connectivity index (χ0v) is 19.1. The molecule has 0 unspecified atom stereocenters. The van der Waals surface area contributed by atoms with Crippen molar-refractivity contribution in [1.82, 2.24) is 24.1 Å². The van der Waals surface area contributed by atoms with E-state index in [0.717, 1.165) is 17.7 Å². The minimum Gasteiger partial charge on any atom is -0.497 e. The Hall–Kier alpha value is -3.82. The number of aryl methyl sites for hydroxylation is 2. The first kappa shape index (κ1) is 22.0. The Labute approximate surface area is 193 Å². The third-order valence-electron chi connectivity index (χ3n) is 6.37. The molecule has 10 heteroatoms. The van der Waals surface area contributed by atoms with Crippen LogP contribution in [0, 0.1) is 24.4 Å². The van der Waals surface area contributed by atoms with Gasteiger partial charge in [-0.2, -0.15) is 5.10 Å². The molecule has 1 aliphatic heterocycles. The van der Waals surface area contributed by atoms with Crippen LogP contribution in [0.4, 0.5) is 13.2 Å². The minimum atomic E-state index is -1.51. The highest BCUT2D eigenvalue weighted by Gasteiger charge is 2.35. The van der Waals surface area contributed by atoms with E-state index in [1.165, 1.54) is 4.68 Å². The van der Waals surface area contributed by atoms with E-state index >= 15 is 0 Å². The lowest BCUT2D eigenvalue weighted by molar-refractivity contribution is 0.0665. The number of carbonyl (C=O) groups excluding carboxylic acids is 1. The van der Waals surface area contributed by atoms with Crippen LogP contribution in [0.5, 0.6) is 5.75 Å². The van der Waals surface area contributed by atoms with E-state index in [4.69, 9.17) is 4.74 Å². The molecule has 1 atom stereocenters. The summed E-state index contributed by atoms with van der Waals surface area (Å²) in [5.74, 6) is -3.58. The van der Waals surface area contributed by atoms with Crippen LogP contribution in [0.15, 0.2) is 30.5 Å². The molecule has 0 saturated heterocycles. The third-order valence-corrected chi connectivity index (χ3v) is 6.37. The summed E-state index contributed by atoms with van der Waals surface area (Å²) in [4.78, 5) is 19.8.